The molecule has 2 rings (SSSR count). The van der Waals surface area contributed by atoms with Gasteiger partial charge in [0.15, 0.2) is 0 Å². The van der Waals surface area contributed by atoms with Crippen molar-refractivity contribution in [2.45, 2.75) is 32.3 Å². The predicted molar refractivity (Wildman–Crippen MR) is 77.2 cm³/mol. The van der Waals surface area contributed by atoms with E-state index in [9.17, 15) is 14.5 Å². The van der Waals surface area contributed by atoms with Crippen LogP contribution in [-0.4, -0.2) is 18.1 Å². The number of nitro benzene ring substituents is 1. The summed E-state index contributed by atoms with van der Waals surface area (Å²) in [6, 6.07) is 3.43. The number of nitro groups is 1. The molecule has 1 aromatic rings. The van der Waals surface area contributed by atoms with E-state index in [4.69, 9.17) is 10.5 Å². The molecule has 5 nitrogen and oxygen atoms in total. The first-order valence-corrected chi connectivity index (χ1v) is 7.32. The molecule has 2 atom stereocenters. The topological polar surface area (TPSA) is 78.4 Å². The zero-order valence-corrected chi connectivity index (χ0v) is 12.0. The molecule has 0 aliphatic heterocycles. The second-order valence-electron chi connectivity index (χ2n) is 5.59. The number of hydrogen-bond acceptors (Lipinski definition) is 4. The molecule has 1 aliphatic carbocycles. The number of rotatable bonds is 6. The highest BCUT2D eigenvalue weighted by Gasteiger charge is 2.24. The molecule has 116 valence electrons. The Hall–Kier alpha value is -1.53. The average molecular weight is 296 g/mol. The number of ether oxygens (including phenoxy) is 1. The van der Waals surface area contributed by atoms with Gasteiger partial charge in [0.1, 0.15) is 5.82 Å². The Morgan fingerprint density at radius 1 is 1.33 bits per heavy atom. The van der Waals surface area contributed by atoms with Gasteiger partial charge < -0.3 is 10.5 Å². The van der Waals surface area contributed by atoms with Crippen molar-refractivity contribution in [2.24, 2.45) is 17.6 Å². The van der Waals surface area contributed by atoms with Crippen LogP contribution in [0.25, 0.3) is 0 Å². The highest BCUT2D eigenvalue weighted by Crippen LogP contribution is 2.30. The van der Waals surface area contributed by atoms with Gasteiger partial charge in [-0.3, -0.25) is 10.1 Å². The zero-order valence-electron chi connectivity index (χ0n) is 12.0. The van der Waals surface area contributed by atoms with Crippen molar-refractivity contribution >= 4 is 5.69 Å². The van der Waals surface area contributed by atoms with E-state index in [1.165, 1.54) is 25.0 Å². The molecule has 0 saturated heterocycles. The molecule has 1 saturated carbocycles. The lowest BCUT2D eigenvalue weighted by atomic mass is 9.80. The molecular weight excluding hydrogens is 275 g/mol. The molecule has 1 aliphatic rings. The zero-order chi connectivity index (χ0) is 15.2. The normalized spacial score (nSPS) is 22.2. The van der Waals surface area contributed by atoms with Gasteiger partial charge in [-0.15, -0.1) is 0 Å². The van der Waals surface area contributed by atoms with Crippen molar-refractivity contribution in [1.29, 1.82) is 0 Å². The van der Waals surface area contributed by atoms with E-state index in [0.717, 1.165) is 18.9 Å². The minimum absolute atomic E-state index is 0.0574. The molecule has 0 amide bonds. The summed E-state index contributed by atoms with van der Waals surface area (Å²) in [5, 5.41) is 10.9. The Labute approximate surface area is 123 Å². The molecule has 0 radical (unpaired) electrons. The van der Waals surface area contributed by atoms with Crippen molar-refractivity contribution in [1.82, 2.24) is 0 Å². The summed E-state index contributed by atoms with van der Waals surface area (Å²) in [4.78, 5) is 10.4. The third-order valence-corrected chi connectivity index (χ3v) is 4.20. The van der Waals surface area contributed by atoms with Crippen molar-refractivity contribution in [2.75, 3.05) is 13.2 Å². The molecule has 2 N–H and O–H groups in total. The molecule has 1 fully saturated rings. The maximum Gasteiger partial charge on any atom is 0.275 e. The van der Waals surface area contributed by atoms with Crippen LogP contribution >= 0.6 is 0 Å². The summed E-state index contributed by atoms with van der Waals surface area (Å²) < 4.78 is 18.8. The first-order valence-electron chi connectivity index (χ1n) is 7.32. The lowest BCUT2D eigenvalue weighted by Crippen LogP contribution is -2.29. The lowest BCUT2D eigenvalue weighted by molar-refractivity contribution is -0.386. The minimum Gasteiger partial charge on any atom is -0.376 e. The summed E-state index contributed by atoms with van der Waals surface area (Å²) in [7, 11) is 0. The third-order valence-electron chi connectivity index (χ3n) is 4.20. The van der Waals surface area contributed by atoms with Crippen LogP contribution in [0.15, 0.2) is 18.2 Å². The first kappa shape index (κ1) is 15.9. The van der Waals surface area contributed by atoms with Crippen molar-refractivity contribution in [3.63, 3.8) is 0 Å². The van der Waals surface area contributed by atoms with Crippen molar-refractivity contribution in [3.05, 3.63) is 39.7 Å². The molecule has 2 unspecified atom stereocenters. The summed E-state index contributed by atoms with van der Waals surface area (Å²) in [5.74, 6) is 0.370. The number of hydrogen-bond donors (Lipinski definition) is 1. The van der Waals surface area contributed by atoms with Crippen molar-refractivity contribution in [3.8, 4) is 0 Å². The van der Waals surface area contributed by atoms with E-state index in [-0.39, 0.29) is 17.9 Å². The summed E-state index contributed by atoms with van der Waals surface area (Å²) in [6.07, 6.45) is 4.57. The lowest BCUT2D eigenvalue weighted by Gasteiger charge is -2.30. The van der Waals surface area contributed by atoms with Gasteiger partial charge in [0.2, 0.25) is 0 Å². The summed E-state index contributed by atoms with van der Waals surface area (Å²) in [6.45, 7) is 1.23. The van der Waals surface area contributed by atoms with Crippen LogP contribution in [0.4, 0.5) is 10.1 Å². The fraction of sp³-hybridized carbons (Fsp3) is 0.600. The van der Waals surface area contributed by atoms with Crippen LogP contribution in [0, 0.1) is 27.8 Å². The predicted octanol–water partition coefficient (Wildman–Crippen LogP) is 3.02. The van der Waals surface area contributed by atoms with E-state index in [1.54, 1.807) is 0 Å². The van der Waals surface area contributed by atoms with Gasteiger partial charge >= 0.3 is 0 Å². The molecule has 6 heteroatoms. The van der Waals surface area contributed by atoms with Gasteiger partial charge in [-0.1, -0.05) is 12.8 Å². The maximum absolute atomic E-state index is 13.2. The summed E-state index contributed by atoms with van der Waals surface area (Å²) >= 11 is 0. The van der Waals surface area contributed by atoms with E-state index in [0.29, 0.717) is 25.0 Å². The fourth-order valence-electron chi connectivity index (χ4n) is 2.98. The molecule has 0 heterocycles. The number of nitrogens with zero attached hydrogens (tertiary/aromatic N) is 1. The van der Waals surface area contributed by atoms with Gasteiger partial charge in [-0.05, 0) is 43.4 Å². The first-order chi connectivity index (χ1) is 10.1. The Bertz CT molecular complexity index is 496. The molecule has 0 aromatic heterocycles. The highest BCUT2D eigenvalue weighted by atomic mass is 19.1. The number of halogens is 1. The molecule has 0 bridgehead atoms. The Morgan fingerprint density at radius 3 is 2.71 bits per heavy atom. The monoisotopic (exact) mass is 296 g/mol. The van der Waals surface area contributed by atoms with Gasteiger partial charge in [-0.25, -0.2) is 4.39 Å². The Kier molecular flexibility index (Phi) is 5.64. The second-order valence-corrected chi connectivity index (χ2v) is 5.59. The van der Waals surface area contributed by atoms with Crippen LogP contribution in [0.3, 0.4) is 0 Å². The quantitative estimate of drug-likeness (QED) is 0.646. The average Bonchev–Trinajstić information content (AvgIpc) is 2.47. The molecule has 0 spiro atoms. The highest BCUT2D eigenvalue weighted by molar-refractivity contribution is 5.39. The number of nitrogens with two attached hydrogens (primary N) is 1. The van der Waals surface area contributed by atoms with Crippen LogP contribution in [0.5, 0.6) is 0 Å². The SMILES string of the molecule is NCC1CCCCC1COCc1cc(F)ccc1[N+](=O)[O-]. The van der Waals surface area contributed by atoms with E-state index in [2.05, 4.69) is 0 Å². The Balaban J connectivity index is 1.93. The molecule has 21 heavy (non-hydrogen) atoms. The fourth-order valence-corrected chi connectivity index (χ4v) is 2.98. The smallest absolute Gasteiger partial charge is 0.275 e. The largest absolute Gasteiger partial charge is 0.376 e. The van der Waals surface area contributed by atoms with E-state index in [1.807, 2.05) is 0 Å². The van der Waals surface area contributed by atoms with Crippen molar-refractivity contribution < 1.29 is 14.1 Å². The van der Waals surface area contributed by atoms with Gasteiger partial charge in [0.25, 0.3) is 5.69 Å². The summed E-state index contributed by atoms with van der Waals surface area (Å²) in [5.41, 5.74) is 5.94. The minimum atomic E-state index is -0.512. The van der Waals surface area contributed by atoms with Gasteiger partial charge in [0, 0.05) is 6.07 Å². The van der Waals surface area contributed by atoms with Crippen LogP contribution in [0.1, 0.15) is 31.2 Å². The van der Waals surface area contributed by atoms with E-state index < -0.39 is 10.7 Å². The third kappa shape index (κ3) is 4.22. The standard InChI is InChI=1S/C15H21FN2O3/c16-14-5-6-15(18(19)20)13(7-14)10-21-9-12-4-2-1-3-11(12)8-17/h5-7,11-12H,1-4,8-10,17H2. The van der Waals surface area contributed by atoms with Crippen LogP contribution < -0.4 is 5.73 Å². The van der Waals surface area contributed by atoms with Gasteiger partial charge in [0.05, 0.1) is 23.7 Å². The van der Waals surface area contributed by atoms with Crippen LogP contribution in [0.2, 0.25) is 0 Å². The van der Waals surface area contributed by atoms with E-state index >= 15 is 0 Å². The maximum atomic E-state index is 13.2. The molecular formula is C15H21FN2O3. The Morgan fingerprint density at radius 2 is 2.05 bits per heavy atom. The van der Waals surface area contributed by atoms with Crippen LogP contribution in [-0.2, 0) is 11.3 Å². The second kappa shape index (κ2) is 7.47. The number of benzene rings is 1. The molecule has 1 aromatic carbocycles. The van der Waals surface area contributed by atoms with Gasteiger partial charge in [-0.2, -0.15) is 0 Å².